The monoisotopic (exact) mass is 466 g/mol. The molecule has 1 fully saturated rings. The van der Waals surface area contributed by atoms with E-state index in [2.05, 4.69) is 6.58 Å². The van der Waals surface area contributed by atoms with Gasteiger partial charge >= 0.3 is 0 Å². The van der Waals surface area contributed by atoms with Gasteiger partial charge in [-0.1, -0.05) is 54.6 Å². The molecule has 3 aromatic carbocycles. The fourth-order valence-corrected chi connectivity index (χ4v) is 4.53. The first-order valence-corrected chi connectivity index (χ1v) is 11.7. The van der Waals surface area contributed by atoms with E-state index in [-0.39, 0.29) is 29.8 Å². The first kappa shape index (κ1) is 23.9. The van der Waals surface area contributed by atoms with E-state index in [1.165, 1.54) is 6.07 Å². The molecule has 0 aliphatic heterocycles. The van der Waals surface area contributed by atoms with Crippen LogP contribution in [0.15, 0.2) is 67.3 Å². The minimum atomic E-state index is -0.783. The molecular weight excluding hydrogens is 437 g/mol. The summed E-state index contributed by atoms with van der Waals surface area (Å²) in [4.78, 5) is 0. The third-order valence-electron chi connectivity index (χ3n) is 6.51. The van der Waals surface area contributed by atoms with Crippen LogP contribution in [0, 0.1) is 30.3 Å². The molecule has 0 aromatic heterocycles. The molecule has 0 spiro atoms. The number of hydrogen-bond donors (Lipinski definition) is 0. The van der Waals surface area contributed by atoms with Gasteiger partial charge in [-0.05, 0) is 67.7 Å². The molecule has 0 unspecified atom stereocenters. The number of hydrogen-bond acceptors (Lipinski definition) is 2. The van der Waals surface area contributed by atoms with Crippen LogP contribution in [0.5, 0.6) is 11.5 Å². The first-order valence-electron chi connectivity index (χ1n) is 11.7. The Bertz CT molecular complexity index is 1130. The second kappa shape index (κ2) is 10.8. The third-order valence-corrected chi connectivity index (χ3v) is 6.51. The zero-order valence-corrected chi connectivity index (χ0v) is 19.3. The fourth-order valence-electron chi connectivity index (χ4n) is 4.53. The predicted octanol–water partition coefficient (Wildman–Crippen LogP) is 8.00. The zero-order chi connectivity index (χ0) is 24.1. The second-order valence-corrected chi connectivity index (χ2v) is 8.92. The van der Waals surface area contributed by atoms with Gasteiger partial charge in [-0.25, -0.2) is 13.2 Å². The molecular formula is C29H29F3O2. The lowest BCUT2D eigenvalue weighted by atomic mass is 9.78. The van der Waals surface area contributed by atoms with Crippen molar-refractivity contribution in [2.45, 2.75) is 38.5 Å². The number of rotatable bonds is 8. The summed E-state index contributed by atoms with van der Waals surface area (Å²) in [6.45, 7) is 6.20. The van der Waals surface area contributed by atoms with Crippen LogP contribution in [0.1, 0.15) is 42.7 Å². The van der Waals surface area contributed by atoms with Crippen molar-refractivity contribution in [1.29, 1.82) is 0 Å². The fraction of sp³-hybridized carbons (Fsp3) is 0.310. The molecule has 2 nitrogen and oxygen atoms in total. The molecule has 1 aliphatic carbocycles. The van der Waals surface area contributed by atoms with Gasteiger partial charge < -0.3 is 9.47 Å². The summed E-state index contributed by atoms with van der Waals surface area (Å²) in [5, 5.41) is 0. The van der Waals surface area contributed by atoms with Crippen molar-refractivity contribution in [2.75, 3.05) is 13.2 Å². The Morgan fingerprint density at radius 2 is 1.62 bits per heavy atom. The zero-order valence-electron chi connectivity index (χ0n) is 19.3. The second-order valence-electron chi connectivity index (χ2n) is 8.92. The van der Waals surface area contributed by atoms with E-state index in [1.54, 1.807) is 30.3 Å². The van der Waals surface area contributed by atoms with Gasteiger partial charge in [0, 0.05) is 11.6 Å². The molecule has 0 atom stereocenters. The highest BCUT2D eigenvalue weighted by Crippen LogP contribution is 2.39. The third kappa shape index (κ3) is 5.46. The van der Waals surface area contributed by atoms with Crippen molar-refractivity contribution in [3.63, 3.8) is 0 Å². The number of halogens is 3. The van der Waals surface area contributed by atoms with E-state index in [0.717, 1.165) is 31.2 Å². The van der Waals surface area contributed by atoms with Gasteiger partial charge in [-0.3, -0.25) is 0 Å². The predicted molar refractivity (Wildman–Crippen MR) is 129 cm³/mol. The van der Waals surface area contributed by atoms with Crippen molar-refractivity contribution in [1.82, 2.24) is 0 Å². The highest BCUT2D eigenvalue weighted by molar-refractivity contribution is 5.65. The average molecular weight is 467 g/mol. The minimum absolute atomic E-state index is 0.0171. The molecule has 0 saturated heterocycles. The Morgan fingerprint density at radius 3 is 2.29 bits per heavy atom. The van der Waals surface area contributed by atoms with E-state index < -0.39 is 17.5 Å². The average Bonchev–Trinajstić information content (AvgIpc) is 2.85. The van der Waals surface area contributed by atoms with Crippen LogP contribution in [-0.2, 0) is 0 Å². The van der Waals surface area contributed by atoms with Crippen molar-refractivity contribution in [3.8, 4) is 22.6 Å². The topological polar surface area (TPSA) is 18.5 Å². The number of ether oxygens (including phenoxy) is 2. The smallest absolute Gasteiger partial charge is 0.168 e. The summed E-state index contributed by atoms with van der Waals surface area (Å²) in [5.41, 5.74) is 2.48. The van der Waals surface area contributed by atoms with Crippen molar-refractivity contribution in [3.05, 3.63) is 95.8 Å². The van der Waals surface area contributed by atoms with Crippen molar-refractivity contribution >= 4 is 0 Å². The van der Waals surface area contributed by atoms with Crippen LogP contribution in [0.2, 0.25) is 0 Å². The summed E-state index contributed by atoms with van der Waals surface area (Å²) in [6, 6.07) is 15.4. The maximum Gasteiger partial charge on any atom is 0.168 e. The molecule has 0 bridgehead atoms. The lowest BCUT2D eigenvalue weighted by Gasteiger charge is -2.29. The highest BCUT2D eigenvalue weighted by Gasteiger charge is 2.27. The van der Waals surface area contributed by atoms with Gasteiger partial charge in [0.1, 0.15) is 12.4 Å². The van der Waals surface area contributed by atoms with Crippen molar-refractivity contribution < 1.29 is 22.6 Å². The van der Waals surface area contributed by atoms with E-state index in [4.69, 9.17) is 9.47 Å². The quantitative estimate of drug-likeness (QED) is 0.313. The molecule has 1 saturated carbocycles. The first-order chi connectivity index (χ1) is 16.5. The Labute approximate surface area is 199 Å². The van der Waals surface area contributed by atoms with E-state index in [1.807, 2.05) is 31.2 Å². The normalized spacial score (nSPS) is 17.9. The van der Waals surface area contributed by atoms with Gasteiger partial charge in [-0.2, -0.15) is 0 Å². The van der Waals surface area contributed by atoms with Crippen molar-refractivity contribution in [2.24, 2.45) is 5.92 Å². The Kier molecular flexibility index (Phi) is 7.61. The summed E-state index contributed by atoms with van der Waals surface area (Å²) < 4.78 is 55.0. The lowest BCUT2D eigenvalue weighted by Crippen LogP contribution is -2.20. The Morgan fingerprint density at radius 1 is 0.882 bits per heavy atom. The Balaban J connectivity index is 1.34. The van der Waals surface area contributed by atoms with Crippen LogP contribution in [0.25, 0.3) is 11.1 Å². The standard InChI is InChI=1S/C29H29F3O2/c1-3-16-33-27-15-12-23(17-26(27)30)34-18-20-6-10-22(11-7-20)25-14-13-24(28(31)29(25)32)21-8-4-19(2)5-9-21/h3-5,8-9,12-15,17,20,22H,1,6-7,10-11,16,18H2,2H3. The maximum absolute atomic E-state index is 15.0. The SMILES string of the molecule is C=CCOc1ccc(OCC2CCC(c3ccc(-c4ccc(C)cc4)c(F)c3F)CC2)cc1F. The van der Waals surface area contributed by atoms with Crippen LogP contribution in [0.4, 0.5) is 13.2 Å². The van der Waals surface area contributed by atoms with Gasteiger partial charge in [-0.15, -0.1) is 0 Å². The molecule has 1 aliphatic rings. The van der Waals surface area contributed by atoms with Crippen LogP contribution in [-0.4, -0.2) is 13.2 Å². The molecule has 34 heavy (non-hydrogen) atoms. The van der Waals surface area contributed by atoms with Gasteiger partial charge in [0.2, 0.25) is 0 Å². The summed E-state index contributed by atoms with van der Waals surface area (Å²) in [5.74, 6) is -1.12. The van der Waals surface area contributed by atoms with Gasteiger partial charge in [0.05, 0.1) is 6.61 Å². The summed E-state index contributed by atoms with van der Waals surface area (Å²) >= 11 is 0. The molecule has 5 heteroatoms. The molecule has 3 aromatic rings. The van der Waals surface area contributed by atoms with E-state index in [9.17, 15) is 13.2 Å². The van der Waals surface area contributed by atoms with E-state index >= 15 is 0 Å². The highest BCUT2D eigenvalue weighted by atomic mass is 19.2. The number of benzene rings is 3. The molecule has 0 amide bonds. The largest absolute Gasteiger partial charge is 0.493 e. The minimum Gasteiger partial charge on any atom is -0.493 e. The summed E-state index contributed by atoms with van der Waals surface area (Å²) in [7, 11) is 0. The van der Waals surface area contributed by atoms with Gasteiger partial charge in [0.25, 0.3) is 0 Å². The summed E-state index contributed by atoms with van der Waals surface area (Å²) in [6.07, 6.45) is 4.76. The molecule has 0 radical (unpaired) electrons. The van der Waals surface area contributed by atoms with Crippen LogP contribution < -0.4 is 9.47 Å². The molecule has 0 heterocycles. The van der Waals surface area contributed by atoms with Gasteiger partial charge in [0.15, 0.2) is 23.2 Å². The number of aryl methyl sites for hydroxylation is 1. The molecule has 178 valence electrons. The van der Waals surface area contributed by atoms with Crippen LogP contribution in [0.3, 0.4) is 0 Å². The van der Waals surface area contributed by atoms with E-state index in [0.29, 0.717) is 23.5 Å². The molecule has 4 rings (SSSR count). The maximum atomic E-state index is 15.0. The van der Waals surface area contributed by atoms with Crippen LogP contribution >= 0.6 is 0 Å². The Hall–Kier alpha value is -3.21. The lowest BCUT2D eigenvalue weighted by molar-refractivity contribution is 0.198. The molecule has 0 N–H and O–H groups in total.